The van der Waals surface area contributed by atoms with Crippen LogP contribution in [-0.4, -0.2) is 4.99 Å². The molecular formula is C16H17NS2. The van der Waals surface area contributed by atoms with E-state index in [1.54, 1.807) is 0 Å². The average Bonchev–Trinajstić information content (AvgIpc) is 2.46. The summed E-state index contributed by atoms with van der Waals surface area (Å²) in [5, 5.41) is 0.497. The molecule has 1 nitrogen and oxygen atoms in total. The first-order valence-corrected chi connectivity index (χ1v) is 7.68. The third-order valence-electron chi connectivity index (χ3n) is 3.01. The summed E-state index contributed by atoms with van der Waals surface area (Å²) in [6, 6.07) is 18.7. The van der Waals surface area contributed by atoms with Crippen LogP contribution in [0.3, 0.4) is 0 Å². The standard InChI is InChI=1S/C16H17NS2/c1-12(14-5-3-2-4-6-14)19-11-13-7-9-15(10-8-13)16(17)18/h2-10,12H,11H2,1H3,(H2,17,18). The van der Waals surface area contributed by atoms with Crippen molar-refractivity contribution in [3.05, 3.63) is 71.3 Å². The lowest BCUT2D eigenvalue weighted by atomic mass is 10.1. The molecule has 0 aliphatic rings. The molecule has 0 aliphatic heterocycles. The van der Waals surface area contributed by atoms with E-state index < -0.39 is 0 Å². The van der Waals surface area contributed by atoms with Gasteiger partial charge >= 0.3 is 0 Å². The number of hydrogen-bond acceptors (Lipinski definition) is 2. The Morgan fingerprint density at radius 1 is 1.11 bits per heavy atom. The SMILES string of the molecule is CC(SCc1ccc(C(N)=S)cc1)c1ccccc1. The van der Waals surface area contributed by atoms with Crippen molar-refractivity contribution < 1.29 is 0 Å². The van der Waals surface area contributed by atoms with E-state index in [1.807, 2.05) is 23.9 Å². The van der Waals surface area contributed by atoms with Crippen molar-refractivity contribution in [2.45, 2.75) is 17.9 Å². The number of thioether (sulfide) groups is 1. The van der Waals surface area contributed by atoms with Crippen molar-refractivity contribution >= 4 is 29.0 Å². The summed E-state index contributed by atoms with van der Waals surface area (Å²) in [5.41, 5.74) is 9.19. The molecule has 0 amide bonds. The maximum Gasteiger partial charge on any atom is 0.103 e. The van der Waals surface area contributed by atoms with E-state index in [9.17, 15) is 0 Å². The summed E-state index contributed by atoms with van der Waals surface area (Å²) in [5.74, 6) is 0.994. The zero-order valence-corrected chi connectivity index (χ0v) is 12.5. The first kappa shape index (κ1) is 14.1. The van der Waals surface area contributed by atoms with Crippen LogP contribution >= 0.6 is 24.0 Å². The molecule has 0 aliphatic carbocycles. The van der Waals surface area contributed by atoms with Crippen LogP contribution in [-0.2, 0) is 5.75 Å². The van der Waals surface area contributed by atoms with Gasteiger partial charge in [0, 0.05) is 16.6 Å². The molecule has 2 N–H and O–H groups in total. The monoisotopic (exact) mass is 287 g/mol. The predicted molar refractivity (Wildman–Crippen MR) is 88.5 cm³/mol. The lowest BCUT2D eigenvalue weighted by molar-refractivity contribution is 1.09. The Labute approximate surface area is 124 Å². The normalized spacial score (nSPS) is 12.1. The summed E-state index contributed by atoms with van der Waals surface area (Å²) in [7, 11) is 0. The molecule has 3 heteroatoms. The van der Waals surface area contributed by atoms with E-state index in [2.05, 4.69) is 49.4 Å². The molecule has 0 aromatic heterocycles. The van der Waals surface area contributed by atoms with Gasteiger partial charge in [-0.05, 0) is 18.1 Å². The van der Waals surface area contributed by atoms with Crippen LogP contribution < -0.4 is 5.73 Å². The van der Waals surface area contributed by atoms with Crippen molar-refractivity contribution in [3.8, 4) is 0 Å². The zero-order valence-electron chi connectivity index (χ0n) is 10.9. The van der Waals surface area contributed by atoms with Gasteiger partial charge < -0.3 is 5.73 Å². The van der Waals surface area contributed by atoms with Gasteiger partial charge in [-0.3, -0.25) is 0 Å². The topological polar surface area (TPSA) is 26.0 Å². The van der Waals surface area contributed by atoms with E-state index in [1.165, 1.54) is 11.1 Å². The Kier molecular flexibility index (Phi) is 5.00. The number of benzene rings is 2. The van der Waals surface area contributed by atoms with Gasteiger partial charge in [-0.15, -0.1) is 11.8 Å². The Balaban J connectivity index is 1.93. The number of nitrogens with two attached hydrogens (primary N) is 1. The molecule has 2 rings (SSSR count). The molecule has 1 atom stereocenters. The van der Waals surface area contributed by atoms with Gasteiger partial charge in [0.05, 0.1) is 0 Å². The number of rotatable bonds is 5. The van der Waals surface area contributed by atoms with Gasteiger partial charge in [0.2, 0.25) is 0 Å². The smallest absolute Gasteiger partial charge is 0.103 e. The van der Waals surface area contributed by atoms with Crippen molar-refractivity contribution in [1.29, 1.82) is 0 Å². The molecule has 2 aromatic carbocycles. The maximum absolute atomic E-state index is 5.59. The summed E-state index contributed by atoms with van der Waals surface area (Å²) in [6.45, 7) is 2.24. The zero-order chi connectivity index (χ0) is 13.7. The predicted octanol–water partition coefficient (Wildman–Crippen LogP) is 4.32. The van der Waals surface area contributed by atoms with E-state index in [0.29, 0.717) is 10.2 Å². The molecule has 1 unspecified atom stereocenters. The molecule has 0 radical (unpaired) electrons. The molecule has 0 saturated carbocycles. The molecule has 0 heterocycles. The van der Waals surface area contributed by atoms with Crippen LogP contribution in [0.25, 0.3) is 0 Å². The number of hydrogen-bond donors (Lipinski definition) is 1. The second-order valence-electron chi connectivity index (χ2n) is 4.43. The minimum Gasteiger partial charge on any atom is -0.389 e. The third-order valence-corrected chi connectivity index (χ3v) is 4.52. The quantitative estimate of drug-likeness (QED) is 0.830. The lowest BCUT2D eigenvalue weighted by Gasteiger charge is -2.11. The first-order chi connectivity index (χ1) is 9.16. The highest BCUT2D eigenvalue weighted by molar-refractivity contribution is 7.98. The molecule has 0 bridgehead atoms. The van der Waals surface area contributed by atoms with Crippen LogP contribution in [0.2, 0.25) is 0 Å². The third kappa shape index (κ3) is 4.08. The highest BCUT2D eigenvalue weighted by Gasteiger charge is 2.05. The minimum absolute atomic E-state index is 0.455. The second-order valence-corrected chi connectivity index (χ2v) is 6.19. The molecule has 19 heavy (non-hydrogen) atoms. The maximum atomic E-state index is 5.59. The molecule has 0 saturated heterocycles. The molecule has 0 spiro atoms. The minimum atomic E-state index is 0.455. The summed E-state index contributed by atoms with van der Waals surface area (Å²) in [6.07, 6.45) is 0. The first-order valence-electron chi connectivity index (χ1n) is 6.22. The van der Waals surface area contributed by atoms with Gasteiger partial charge in [0.25, 0.3) is 0 Å². The van der Waals surface area contributed by atoms with Gasteiger partial charge in [-0.2, -0.15) is 0 Å². The van der Waals surface area contributed by atoms with Crippen LogP contribution in [0.1, 0.15) is 28.9 Å². The summed E-state index contributed by atoms with van der Waals surface area (Å²) in [4.78, 5) is 0.455. The van der Waals surface area contributed by atoms with Crippen LogP contribution in [0, 0.1) is 0 Å². The Bertz CT molecular complexity index is 534. The van der Waals surface area contributed by atoms with Gasteiger partial charge in [-0.25, -0.2) is 0 Å². The van der Waals surface area contributed by atoms with E-state index in [-0.39, 0.29) is 0 Å². The fourth-order valence-corrected chi connectivity index (χ4v) is 2.93. The van der Waals surface area contributed by atoms with Gasteiger partial charge in [0.15, 0.2) is 0 Å². The summed E-state index contributed by atoms with van der Waals surface area (Å²) >= 11 is 6.88. The van der Waals surface area contributed by atoms with Gasteiger partial charge in [-0.1, -0.05) is 66.8 Å². The second kappa shape index (κ2) is 6.73. The summed E-state index contributed by atoms with van der Waals surface area (Å²) < 4.78 is 0. The van der Waals surface area contributed by atoms with Crippen molar-refractivity contribution in [2.24, 2.45) is 5.73 Å². The molecular weight excluding hydrogens is 270 g/mol. The lowest BCUT2D eigenvalue weighted by Crippen LogP contribution is -2.08. The fourth-order valence-electron chi connectivity index (χ4n) is 1.81. The largest absolute Gasteiger partial charge is 0.389 e. The molecule has 0 fully saturated rings. The van der Waals surface area contributed by atoms with Crippen LogP contribution in [0.15, 0.2) is 54.6 Å². The Morgan fingerprint density at radius 2 is 1.74 bits per heavy atom. The molecule has 2 aromatic rings. The fraction of sp³-hybridized carbons (Fsp3) is 0.188. The van der Waals surface area contributed by atoms with Crippen molar-refractivity contribution in [1.82, 2.24) is 0 Å². The highest BCUT2D eigenvalue weighted by atomic mass is 32.2. The van der Waals surface area contributed by atoms with Crippen LogP contribution in [0.4, 0.5) is 0 Å². The van der Waals surface area contributed by atoms with Crippen molar-refractivity contribution in [3.63, 3.8) is 0 Å². The molecule has 98 valence electrons. The van der Waals surface area contributed by atoms with E-state index in [4.69, 9.17) is 18.0 Å². The average molecular weight is 287 g/mol. The number of thiocarbonyl (C=S) groups is 1. The van der Waals surface area contributed by atoms with Crippen molar-refractivity contribution in [2.75, 3.05) is 0 Å². The Hall–Kier alpha value is -1.32. The van der Waals surface area contributed by atoms with Crippen LogP contribution in [0.5, 0.6) is 0 Å². The Morgan fingerprint density at radius 3 is 2.32 bits per heavy atom. The van der Waals surface area contributed by atoms with E-state index in [0.717, 1.165) is 11.3 Å². The van der Waals surface area contributed by atoms with Gasteiger partial charge in [0.1, 0.15) is 4.99 Å². The highest BCUT2D eigenvalue weighted by Crippen LogP contribution is 2.30. The van der Waals surface area contributed by atoms with E-state index >= 15 is 0 Å².